The highest BCUT2D eigenvalue weighted by Crippen LogP contribution is 2.18. The fourth-order valence-corrected chi connectivity index (χ4v) is 2.66. The Hall–Kier alpha value is -0.280. The second-order valence-corrected chi connectivity index (χ2v) is 5.62. The monoisotopic (exact) mass is 274 g/mol. The minimum atomic E-state index is 0.591. The summed E-state index contributed by atoms with van der Waals surface area (Å²) < 4.78 is 0. The first-order valence-corrected chi connectivity index (χ1v) is 7.93. The van der Waals surface area contributed by atoms with Crippen LogP contribution in [0.5, 0.6) is 0 Å². The van der Waals surface area contributed by atoms with Crippen LogP contribution in [-0.2, 0) is 0 Å². The van der Waals surface area contributed by atoms with E-state index in [9.17, 15) is 0 Å². The molecule has 17 heavy (non-hydrogen) atoms. The van der Waals surface area contributed by atoms with Gasteiger partial charge in [0.1, 0.15) is 5.15 Å². The summed E-state index contributed by atoms with van der Waals surface area (Å²) in [7, 11) is 0. The van der Waals surface area contributed by atoms with Crippen molar-refractivity contribution in [2.24, 2.45) is 0 Å². The van der Waals surface area contributed by atoms with E-state index in [4.69, 9.17) is 11.6 Å². The van der Waals surface area contributed by atoms with Crippen LogP contribution in [-0.4, -0.2) is 11.5 Å². The van der Waals surface area contributed by atoms with Crippen LogP contribution < -0.4 is 5.32 Å². The van der Waals surface area contributed by atoms with E-state index < -0.39 is 0 Å². The van der Waals surface area contributed by atoms with Gasteiger partial charge in [0.25, 0.3) is 0 Å². The topological polar surface area (TPSA) is 24.9 Å². The van der Waals surface area contributed by atoms with Gasteiger partial charge >= 0.3 is 0 Å². The molecule has 0 radical (unpaired) electrons. The summed E-state index contributed by atoms with van der Waals surface area (Å²) in [6.45, 7) is 3.27. The Morgan fingerprint density at radius 1 is 1.12 bits per heavy atom. The third-order valence-corrected chi connectivity index (χ3v) is 3.91. The molecular formula is C13H23ClN2S. The Morgan fingerprint density at radius 3 is 2.35 bits per heavy atom. The average Bonchev–Trinajstić information content (AvgIpc) is 2.73. The van der Waals surface area contributed by atoms with Gasteiger partial charge < -0.3 is 5.32 Å². The lowest BCUT2D eigenvalue weighted by molar-refractivity contribution is 0.581. The van der Waals surface area contributed by atoms with Gasteiger partial charge in [0.2, 0.25) is 0 Å². The van der Waals surface area contributed by atoms with Crippen molar-refractivity contribution in [3.63, 3.8) is 0 Å². The van der Waals surface area contributed by atoms with Gasteiger partial charge in [0.15, 0.2) is 5.13 Å². The molecule has 2 nitrogen and oxygen atoms in total. The molecule has 0 aliphatic rings. The molecule has 0 aliphatic carbocycles. The molecule has 0 saturated heterocycles. The number of hydrogen-bond acceptors (Lipinski definition) is 3. The van der Waals surface area contributed by atoms with E-state index in [1.807, 2.05) is 5.38 Å². The normalized spacial score (nSPS) is 10.7. The molecular weight excluding hydrogens is 252 g/mol. The van der Waals surface area contributed by atoms with Gasteiger partial charge in [-0.2, -0.15) is 0 Å². The first-order chi connectivity index (χ1) is 8.33. The van der Waals surface area contributed by atoms with Gasteiger partial charge in [-0.15, -0.1) is 11.3 Å². The third kappa shape index (κ3) is 7.61. The second kappa shape index (κ2) is 9.72. The third-order valence-electron chi connectivity index (χ3n) is 2.78. The van der Waals surface area contributed by atoms with Gasteiger partial charge in [-0.05, 0) is 6.42 Å². The molecule has 98 valence electrons. The predicted octanol–water partition coefficient (Wildman–Crippen LogP) is 5.35. The van der Waals surface area contributed by atoms with Gasteiger partial charge in [0.05, 0.1) is 0 Å². The Morgan fingerprint density at radius 2 is 1.76 bits per heavy atom. The van der Waals surface area contributed by atoms with Crippen molar-refractivity contribution in [3.05, 3.63) is 10.5 Å². The van der Waals surface area contributed by atoms with E-state index >= 15 is 0 Å². The van der Waals surface area contributed by atoms with E-state index in [0.29, 0.717) is 5.15 Å². The van der Waals surface area contributed by atoms with E-state index in [1.54, 1.807) is 11.3 Å². The maximum Gasteiger partial charge on any atom is 0.184 e. The smallest absolute Gasteiger partial charge is 0.184 e. The standard InChI is InChI=1S/C13H23ClN2S/c1-2-3-4-5-6-7-8-9-10-15-13-16-12(14)11-17-13/h11H,2-10H2,1H3,(H,15,16). The molecule has 0 amide bonds. The van der Waals surface area contributed by atoms with Gasteiger partial charge in [0, 0.05) is 11.9 Å². The zero-order valence-corrected chi connectivity index (χ0v) is 12.2. The summed E-state index contributed by atoms with van der Waals surface area (Å²) in [5, 5.41) is 6.69. The molecule has 1 N–H and O–H groups in total. The summed E-state index contributed by atoms with van der Waals surface area (Å²) in [6, 6.07) is 0. The van der Waals surface area contributed by atoms with E-state index in [2.05, 4.69) is 17.2 Å². The van der Waals surface area contributed by atoms with Crippen LogP contribution in [0.1, 0.15) is 58.3 Å². The molecule has 0 saturated carbocycles. The highest BCUT2D eigenvalue weighted by molar-refractivity contribution is 7.14. The largest absolute Gasteiger partial charge is 0.361 e. The second-order valence-electron chi connectivity index (χ2n) is 4.38. The summed E-state index contributed by atoms with van der Waals surface area (Å²) in [4.78, 5) is 4.15. The van der Waals surface area contributed by atoms with Crippen LogP contribution in [0.25, 0.3) is 0 Å². The summed E-state index contributed by atoms with van der Waals surface area (Å²) in [5.74, 6) is 0. The maximum atomic E-state index is 5.74. The number of nitrogens with zero attached hydrogens (tertiary/aromatic N) is 1. The number of halogens is 1. The van der Waals surface area contributed by atoms with Gasteiger partial charge in [-0.1, -0.05) is 63.5 Å². The fraction of sp³-hybridized carbons (Fsp3) is 0.769. The van der Waals surface area contributed by atoms with Crippen LogP contribution in [0.15, 0.2) is 5.38 Å². The maximum absolute atomic E-state index is 5.74. The Balaban J connectivity index is 1.84. The predicted molar refractivity (Wildman–Crippen MR) is 78.2 cm³/mol. The molecule has 0 aliphatic heterocycles. The Kier molecular flexibility index (Phi) is 8.45. The van der Waals surface area contributed by atoms with E-state index in [1.165, 1.54) is 51.4 Å². The van der Waals surface area contributed by atoms with Crippen molar-refractivity contribution in [1.29, 1.82) is 0 Å². The van der Waals surface area contributed by atoms with Crippen LogP contribution >= 0.6 is 22.9 Å². The molecule has 0 bridgehead atoms. The van der Waals surface area contributed by atoms with Crippen molar-refractivity contribution in [3.8, 4) is 0 Å². The van der Waals surface area contributed by atoms with E-state index in [-0.39, 0.29) is 0 Å². The molecule has 4 heteroatoms. The highest BCUT2D eigenvalue weighted by Gasteiger charge is 1.97. The Labute approximate surface area is 114 Å². The molecule has 1 aromatic heterocycles. The van der Waals surface area contributed by atoms with Crippen molar-refractivity contribution in [2.45, 2.75) is 58.3 Å². The van der Waals surface area contributed by atoms with Crippen molar-refractivity contribution in [1.82, 2.24) is 4.98 Å². The zero-order valence-electron chi connectivity index (χ0n) is 10.7. The number of hydrogen-bond donors (Lipinski definition) is 1. The summed E-state index contributed by atoms with van der Waals surface area (Å²) in [6.07, 6.45) is 10.8. The minimum absolute atomic E-state index is 0.591. The molecule has 0 unspecified atom stereocenters. The number of thiazole rings is 1. The van der Waals surface area contributed by atoms with Crippen LogP contribution in [0, 0.1) is 0 Å². The lowest BCUT2D eigenvalue weighted by atomic mass is 10.1. The van der Waals surface area contributed by atoms with Gasteiger partial charge in [-0.3, -0.25) is 0 Å². The van der Waals surface area contributed by atoms with E-state index in [0.717, 1.165) is 11.7 Å². The van der Waals surface area contributed by atoms with Crippen molar-refractivity contribution < 1.29 is 0 Å². The van der Waals surface area contributed by atoms with Crippen LogP contribution in [0.3, 0.4) is 0 Å². The number of nitrogens with one attached hydrogen (secondary N) is 1. The first kappa shape index (κ1) is 14.8. The quantitative estimate of drug-likeness (QED) is 0.582. The molecule has 1 rings (SSSR count). The molecule has 0 fully saturated rings. The molecule has 1 aromatic rings. The fourth-order valence-electron chi connectivity index (χ4n) is 1.79. The number of unbranched alkanes of at least 4 members (excludes halogenated alkanes) is 7. The van der Waals surface area contributed by atoms with Crippen molar-refractivity contribution in [2.75, 3.05) is 11.9 Å². The van der Waals surface area contributed by atoms with Crippen LogP contribution in [0.4, 0.5) is 5.13 Å². The first-order valence-electron chi connectivity index (χ1n) is 6.68. The van der Waals surface area contributed by atoms with Crippen LogP contribution in [0.2, 0.25) is 5.15 Å². The molecule has 0 atom stereocenters. The number of aromatic nitrogens is 1. The molecule has 0 spiro atoms. The lowest BCUT2D eigenvalue weighted by Gasteiger charge is -2.03. The number of anilines is 1. The average molecular weight is 275 g/mol. The minimum Gasteiger partial charge on any atom is -0.361 e. The zero-order chi connectivity index (χ0) is 12.3. The SMILES string of the molecule is CCCCCCCCCCNc1nc(Cl)cs1. The summed E-state index contributed by atoms with van der Waals surface area (Å²) in [5.41, 5.74) is 0. The lowest BCUT2D eigenvalue weighted by Crippen LogP contribution is -2.00. The summed E-state index contributed by atoms with van der Waals surface area (Å²) >= 11 is 7.32. The van der Waals surface area contributed by atoms with Gasteiger partial charge in [-0.25, -0.2) is 4.98 Å². The highest BCUT2D eigenvalue weighted by atomic mass is 35.5. The molecule has 0 aromatic carbocycles. The Bertz CT molecular complexity index is 289. The molecule has 1 heterocycles. The number of rotatable bonds is 10. The van der Waals surface area contributed by atoms with Crippen molar-refractivity contribution >= 4 is 28.1 Å².